The molecule has 2 rings (SSSR count). The summed E-state index contributed by atoms with van der Waals surface area (Å²) >= 11 is 0. The van der Waals surface area contributed by atoms with Crippen molar-refractivity contribution in [1.29, 1.82) is 0 Å². The van der Waals surface area contributed by atoms with Gasteiger partial charge < -0.3 is 21.1 Å². The Morgan fingerprint density at radius 2 is 1.86 bits per heavy atom. The van der Waals surface area contributed by atoms with Gasteiger partial charge in [-0.1, -0.05) is 49.6 Å². The highest BCUT2D eigenvalue weighted by Gasteiger charge is 2.31. The first-order chi connectivity index (χ1) is 10.6. The molecule has 0 spiro atoms. The number of benzene rings is 1. The largest absolute Gasteiger partial charge is 0.475 e. The minimum Gasteiger partial charge on any atom is -0.426 e. The van der Waals surface area contributed by atoms with E-state index < -0.39 is 19.1 Å². The number of nitrogens with one attached hydrogen (secondary N) is 1. The second kappa shape index (κ2) is 8.32. The van der Waals surface area contributed by atoms with Gasteiger partial charge in [-0.25, -0.2) is 0 Å². The minimum absolute atomic E-state index is 0.196. The summed E-state index contributed by atoms with van der Waals surface area (Å²) in [6.07, 6.45) is 5.74. The molecule has 0 aromatic heterocycles. The number of carbonyl (C=O) groups is 1. The standard InChI is InChI=1S/C16H25BN2O3/c18-15(13-9-5-2-6-10-13)16(20)19-14(17(21)22)11-12-7-3-1-4-8-12/h1,3-4,7-8,13-15,21-22H,2,5-6,9-11,18H2,(H,19,20)/t14-,15-/m0/s1. The Bertz CT molecular complexity index is 464. The predicted octanol–water partition coefficient (Wildman–Crippen LogP) is 0.633. The molecule has 2 atom stereocenters. The van der Waals surface area contributed by atoms with Crippen LogP contribution in [0.5, 0.6) is 0 Å². The molecule has 6 heteroatoms. The zero-order valence-electron chi connectivity index (χ0n) is 12.8. The lowest BCUT2D eigenvalue weighted by Gasteiger charge is -2.28. The number of carbonyl (C=O) groups excluding carboxylic acids is 1. The van der Waals surface area contributed by atoms with Crippen LogP contribution in [-0.4, -0.2) is 35.1 Å². The lowest BCUT2D eigenvalue weighted by atomic mass is 9.75. The smallest absolute Gasteiger partial charge is 0.426 e. The van der Waals surface area contributed by atoms with Crippen LogP contribution in [0.4, 0.5) is 0 Å². The SMILES string of the molecule is N[C@H](C(=O)N[C@@H](Cc1ccccc1)B(O)O)C1CCCCC1. The van der Waals surface area contributed by atoms with Crippen molar-refractivity contribution in [2.75, 3.05) is 0 Å². The summed E-state index contributed by atoms with van der Waals surface area (Å²) in [6, 6.07) is 8.87. The summed E-state index contributed by atoms with van der Waals surface area (Å²) in [5.41, 5.74) is 7.00. The van der Waals surface area contributed by atoms with Gasteiger partial charge in [-0.05, 0) is 30.7 Å². The maximum absolute atomic E-state index is 12.3. The van der Waals surface area contributed by atoms with E-state index in [9.17, 15) is 14.8 Å². The lowest BCUT2D eigenvalue weighted by molar-refractivity contribution is -0.124. The van der Waals surface area contributed by atoms with E-state index >= 15 is 0 Å². The Labute approximate surface area is 132 Å². The Hall–Kier alpha value is -1.37. The lowest BCUT2D eigenvalue weighted by Crippen LogP contribution is -2.54. The fourth-order valence-electron chi connectivity index (χ4n) is 3.09. The molecule has 5 N–H and O–H groups in total. The summed E-state index contributed by atoms with van der Waals surface area (Å²) in [7, 11) is -1.61. The Morgan fingerprint density at radius 3 is 2.45 bits per heavy atom. The van der Waals surface area contributed by atoms with Crippen molar-refractivity contribution in [1.82, 2.24) is 5.32 Å². The van der Waals surface area contributed by atoms with Gasteiger partial charge in [0.15, 0.2) is 0 Å². The molecule has 0 bridgehead atoms. The van der Waals surface area contributed by atoms with E-state index in [1.807, 2.05) is 30.3 Å². The Kier molecular flexibility index (Phi) is 6.42. The summed E-state index contributed by atoms with van der Waals surface area (Å²) in [4.78, 5) is 12.3. The van der Waals surface area contributed by atoms with Gasteiger partial charge in [0.1, 0.15) is 0 Å². The van der Waals surface area contributed by atoms with E-state index in [2.05, 4.69) is 5.32 Å². The van der Waals surface area contributed by atoms with E-state index in [-0.39, 0.29) is 11.8 Å². The van der Waals surface area contributed by atoms with Crippen molar-refractivity contribution in [3.05, 3.63) is 35.9 Å². The number of hydrogen-bond acceptors (Lipinski definition) is 4. The van der Waals surface area contributed by atoms with E-state index in [4.69, 9.17) is 5.73 Å². The third kappa shape index (κ3) is 4.83. The van der Waals surface area contributed by atoms with Crippen LogP contribution in [0.1, 0.15) is 37.7 Å². The molecule has 0 saturated heterocycles. The molecule has 120 valence electrons. The third-order valence-corrected chi connectivity index (χ3v) is 4.45. The maximum atomic E-state index is 12.3. The zero-order chi connectivity index (χ0) is 15.9. The molecule has 22 heavy (non-hydrogen) atoms. The third-order valence-electron chi connectivity index (χ3n) is 4.45. The van der Waals surface area contributed by atoms with Crippen LogP contribution >= 0.6 is 0 Å². The monoisotopic (exact) mass is 304 g/mol. The normalized spacial score (nSPS) is 18.5. The van der Waals surface area contributed by atoms with Gasteiger partial charge in [-0.15, -0.1) is 0 Å². The van der Waals surface area contributed by atoms with E-state index in [0.717, 1.165) is 31.2 Å². The van der Waals surface area contributed by atoms with Crippen LogP contribution in [0, 0.1) is 5.92 Å². The molecule has 1 saturated carbocycles. The van der Waals surface area contributed by atoms with Crippen LogP contribution in [0.3, 0.4) is 0 Å². The van der Waals surface area contributed by atoms with Crippen LogP contribution < -0.4 is 11.1 Å². The van der Waals surface area contributed by atoms with Gasteiger partial charge in [0.25, 0.3) is 0 Å². The fourth-order valence-corrected chi connectivity index (χ4v) is 3.09. The quantitative estimate of drug-likeness (QED) is 0.580. The fraction of sp³-hybridized carbons (Fsp3) is 0.562. The predicted molar refractivity (Wildman–Crippen MR) is 86.8 cm³/mol. The van der Waals surface area contributed by atoms with Crippen molar-refractivity contribution < 1.29 is 14.8 Å². The second-order valence-corrected chi connectivity index (χ2v) is 6.14. The molecule has 5 nitrogen and oxygen atoms in total. The second-order valence-electron chi connectivity index (χ2n) is 6.14. The van der Waals surface area contributed by atoms with Gasteiger partial charge in [-0.2, -0.15) is 0 Å². The molecule has 1 amide bonds. The highest BCUT2D eigenvalue weighted by molar-refractivity contribution is 6.43. The zero-order valence-corrected chi connectivity index (χ0v) is 12.8. The molecule has 0 unspecified atom stereocenters. The van der Waals surface area contributed by atoms with Gasteiger partial charge in [-0.3, -0.25) is 4.79 Å². The molecular weight excluding hydrogens is 279 g/mol. The molecule has 1 aliphatic carbocycles. The number of nitrogens with two attached hydrogens (primary N) is 1. The van der Waals surface area contributed by atoms with Crippen molar-refractivity contribution in [3.8, 4) is 0 Å². The molecular formula is C16H25BN2O3. The van der Waals surface area contributed by atoms with Crippen molar-refractivity contribution >= 4 is 13.0 Å². The molecule has 0 heterocycles. The first-order valence-corrected chi connectivity index (χ1v) is 8.04. The highest BCUT2D eigenvalue weighted by Crippen LogP contribution is 2.25. The molecule has 0 radical (unpaired) electrons. The molecule has 1 aliphatic rings. The van der Waals surface area contributed by atoms with Gasteiger partial charge in [0.2, 0.25) is 5.91 Å². The number of rotatable bonds is 6. The average molecular weight is 304 g/mol. The van der Waals surface area contributed by atoms with Crippen molar-refractivity contribution in [3.63, 3.8) is 0 Å². The minimum atomic E-state index is -1.61. The molecule has 1 aromatic rings. The van der Waals surface area contributed by atoms with Gasteiger partial charge >= 0.3 is 7.12 Å². The van der Waals surface area contributed by atoms with Gasteiger partial charge in [0.05, 0.1) is 12.0 Å². The summed E-state index contributed by atoms with van der Waals surface area (Å²) in [5, 5.41) is 21.7. The maximum Gasteiger partial charge on any atom is 0.475 e. The average Bonchev–Trinajstić information content (AvgIpc) is 2.55. The summed E-state index contributed by atoms with van der Waals surface area (Å²) < 4.78 is 0. The van der Waals surface area contributed by atoms with Crippen LogP contribution in [-0.2, 0) is 11.2 Å². The Morgan fingerprint density at radius 1 is 1.23 bits per heavy atom. The Balaban J connectivity index is 1.93. The highest BCUT2D eigenvalue weighted by atomic mass is 16.4. The van der Waals surface area contributed by atoms with E-state index in [1.54, 1.807) is 0 Å². The number of hydrogen-bond donors (Lipinski definition) is 4. The van der Waals surface area contributed by atoms with Crippen LogP contribution in [0.25, 0.3) is 0 Å². The molecule has 0 aliphatic heterocycles. The first kappa shape index (κ1) is 17.0. The van der Waals surface area contributed by atoms with Gasteiger partial charge in [0, 0.05) is 0 Å². The molecule has 1 aromatic carbocycles. The molecule has 1 fully saturated rings. The van der Waals surface area contributed by atoms with E-state index in [0.29, 0.717) is 6.42 Å². The summed E-state index contributed by atoms with van der Waals surface area (Å²) in [5.74, 6) is -0.840. The number of amides is 1. The van der Waals surface area contributed by atoms with E-state index in [1.165, 1.54) is 6.42 Å². The summed E-state index contributed by atoms with van der Waals surface area (Å²) in [6.45, 7) is 0. The van der Waals surface area contributed by atoms with Crippen molar-refractivity contribution in [2.24, 2.45) is 11.7 Å². The first-order valence-electron chi connectivity index (χ1n) is 8.04. The topological polar surface area (TPSA) is 95.6 Å². The van der Waals surface area contributed by atoms with Crippen LogP contribution in [0.15, 0.2) is 30.3 Å². The van der Waals surface area contributed by atoms with Crippen molar-refractivity contribution in [2.45, 2.75) is 50.5 Å². The van der Waals surface area contributed by atoms with Crippen LogP contribution in [0.2, 0.25) is 0 Å².